The van der Waals surface area contributed by atoms with Crippen LogP contribution in [0.2, 0.25) is 0 Å². The second-order valence-electron chi connectivity index (χ2n) is 6.63. The molecule has 1 aromatic carbocycles. The number of hydrogen-bond acceptors (Lipinski definition) is 3. The quantitative estimate of drug-likeness (QED) is 0.268. The molecule has 0 bridgehead atoms. The molecule has 2 heterocycles. The predicted molar refractivity (Wildman–Crippen MR) is 117 cm³/mol. The van der Waals surface area contributed by atoms with Gasteiger partial charge in [-0.3, -0.25) is 9.79 Å². The summed E-state index contributed by atoms with van der Waals surface area (Å²) in [6, 6.07) is 10.2. The van der Waals surface area contributed by atoms with Gasteiger partial charge in [0.05, 0.1) is 4.88 Å². The number of hydrogen-bond donors (Lipinski definition) is 4. The zero-order valence-corrected chi connectivity index (χ0v) is 17.2. The van der Waals surface area contributed by atoms with Crippen molar-refractivity contribution < 1.29 is 4.79 Å². The summed E-state index contributed by atoms with van der Waals surface area (Å²) < 4.78 is 0. The summed E-state index contributed by atoms with van der Waals surface area (Å²) >= 11 is 1.45. The Labute approximate surface area is 169 Å². The maximum absolute atomic E-state index is 11.9. The lowest BCUT2D eigenvalue weighted by atomic mass is 10.1. The molecule has 0 fully saturated rings. The van der Waals surface area contributed by atoms with Crippen molar-refractivity contribution in [1.29, 1.82) is 0 Å². The van der Waals surface area contributed by atoms with Crippen molar-refractivity contribution in [3.05, 3.63) is 57.9 Å². The lowest BCUT2D eigenvalue weighted by molar-refractivity contribution is 0.0957. The summed E-state index contributed by atoms with van der Waals surface area (Å²) in [4.78, 5) is 20.2. The lowest BCUT2D eigenvalue weighted by Gasteiger charge is -2.12. The van der Waals surface area contributed by atoms with Crippen LogP contribution in [-0.4, -0.2) is 43.5 Å². The molecule has 0 aliphatic carbocycles. The zero-order chi connectivity index (χ0) is 19.8. The Morgan fingerprint density at radius 3 is 2.75 bits per heavy atom. The highest BCUT2D eigenvalue weighted by atomic mass is 32.1. The molecule has 0 aliphatic heterocycles. The molecule has 148 valence electrons. The lowest BCUT2D eigenvalue weighted by Crippen LogP contribution is -2.39. The standard InChI is InChI=1S/C21H27N5OS/c1-15-6-7-17-16(14-26-18(17)13-15)8-11-25-21(22-2)24-10-4-9-23-20(27)19-5-3-12-28-19/h3,5-7,12-14,26H,4,8-11H2,1-2H3,(H,23,27)(H2,22,24,25). The van der Waals surface area contributed by atoms with Crippen LogP contribution in [0, 0.1) is 6.92 Å². The van der Waals surface area contributed by atoms with Gasteiger partial charge in [0.2, 0.25) is 0 Å². The Bertz CT molecular complexity index is 930. The van der Waals surface area contributed by atoms with Gasteiger partial charge in [-0.15, -0.1) is 11.3 Å². The van der Waals surface area contributed by atoms with Crippen LogP contribution in [-0.2, 0) is 6.42 Å². The third-order valence-electron chi connectivity index (χ3n) is 4.51. The minimum atomic E-state index is -0.00794. The molecule has 2 aromatic heterocycles. The van der Waals surface area contributed by atoms with Gasteiger partial charge in [-0.1, -0.05) is 18.2 Å². The number of aliphatic imine (C=N–C) groups is 1. The molecule has 0 unspecified atom stereocenters. The van der Waals surface area contributed by atoms with Crippen molar-refractivity contribution in [3.63, 3.8) is 0 Å². The highest BCUT2D eigenvalue weighted by Crippen LogP contribution is 2.19. The molecule has 3 aromatic rings. The normalized spacial score (nSPS) is 11.6. The van der Waals surface area contributed by atoms with E-state index in [1.165, 1.54) is 33.4 Å². The molecule has 0 saturated carbocycles. The van der Waals surface area contributed by atoms with Gasteiger partial charge >= 0.3 is 0 Å². The number of nitrogens with one attached hydrogen (secondary N) is 4. The van der Waals surface area contributed by atoms with E-state index in [-0.39, 0.29) is 5.91 Å². The fourth-order valence-electron chi connectivity index (χ4n) is 3.04. The Balaban J connectivity index is 1.35. The molecule has 1 amide bonds. The van der Waals surface area contributed by atoms with Crippen LogP contribution in [0.1, 0.15) is 27.2 Å². The van der Waals surface area contributed by atoms with Gasteiger partial charge in [-0.25, -0.2) is 0 Å². The van der Waals surface area contributed by atoms with E-state index in [9.17, 15) is 4.79 Å². The Morgan fingerprint density at radius 2 is 1.96 bits per heavy atom. The predicted octanol–water partition coefficient (Wildman–Crippen LogP) is 3.07. The van der Waals surface area contributed by atoms with Crippen molar-refractivity contribution in [1.82, 2.24) is 20.9 Å². The molecule has 4 N–H and O–H groups in total. The number of carbonyl (C=O) groups is 1. The van der Waals surface area contributed by atoms with Gasteiger partial charge in [0, 0.05) is 43.8 Å². The van der Waals surface area contributed by atoms with E-state index in [1.54, 1.807) is 7.05 Å². The first-order valence-electron chi connectivity index (χ1n) is 9.50. The molecule has 3 rings (SSSR count). The second kappa shape index (κ2) is 9.94. The molecule has 28 heavy (non-hydrogen) atoms. The van der Waals surface area contributed by atoms with Gasteiger partial charge in [-0.05, 0) is 48.4 Å². The van der Waals surface area contributed by atoms with Crippen molar-refractivity contribution >= 4 is 34.1 Å². The number of aromatic amines is 1. The number of aryl methyl sites for hydroxylation is 1. The van der Waals surface area contributed by atoms with Gasteiger partial charge in [0.15, 0.2) is 5.96 Å². The number of H-pyrrole nitrogens is 1. The van der Waals surface area contributed by atoms with Crippen molar-refractivity contribution in [2.45, 2.75) is 19.8 Å². The number of carbonyl (C=O) groups excluding carboxylic acids is 1. The number of aromatic nitrogens is 1. The summed E-state index contributed by atoms with van der Waals surface area (Å²) in [5.41, 5.74) is 3.74. The number of nitrogens with zero attached hydrogens (tertiary/aromatic N) is 1. The van der Waals surface area contributed by atoms with Crippen LogP contribution >= 0.6 is 11.3 Å². The maximum atomic E-state index is 11.9. The van der Waals surface area contributed by atoms with Crippen molar-refractivity contribution in [2.75, 3.05) is 26.7 Å². The van der Waals surface area contributed by atoms with Crippen molar-refractivity contribution in [3.8, 4) is 0 Å². The third-order valence-corrected chi connectivity index (χ3v) is 5.38. The van der Waals surface area contributed by atoms with Crippen LogP contribution in [0.3, 0.4) is 0 Å². The molecule has 0 aliphatic rings. The van der Waals surface area contributed by atoms with E-state index in [4.69, 9.17) is 0 Å². The van der Waals surface area contributed by atoms with Crippen LogP contribution in [0.5, 0.6) is 0 Å². The number of benzene rings is 1. The average molecular weight is 398 g/mol. The van der Waals surface area contributed by atoms with Crippen molar-refractivity contribution in [2.24, 2.45) is 4.99 Å². The largest absolute Gasteiger partial charge is 0.361 e. The minimum Gasteiger partial charge on any atom is -0.361 e. The molecule has 0 radical (unpaired) electrons. The molecular formula is C21H27N5OS. The minimum absolute atomic E-state index is 0.00794. The summed E-state index contributed by atoms with van der Waals surface area (Å²) in [5, 5.41) is 12.7. The monoisotopic (exact) mass is 397 g/mol. The Kier molecular flexibility index (Phi) is 7.08. The number of guanidine groups is 1. The zero-order valence-electron chi connectivity index (χ0n) is 16.3. The van der Waals surface area contributed by atoms with Crippen LogP contribution < -0.4 is 16.0 Å². The number of amides is 1. The summed E-state index contributed by atoms with van der Waals surface area (Å²) in [6.45, 7) is 4.28. The molecule has 6 nitrogen and oxygen atoms in total. The highest BCUT2D eigenvalue weighted by molar-refractivity contribution is 7.12. The van der Waals surface area contributed by atoms with Crippen LogP contribution in [0.15, 0.2) is 46.9 Å². The number of fused-ring (bicyclic) bond motifs is 1. The van der Waals surface area contributed by atoms with E-state index < -0.39 is 0 Å². The maximum Gasteiger partial charge on any atom is 0.261 e. The fourth-order valence-corrected chi connectivity index (χ4v) is 3.68. The number of thiophene rings is 1. The topological polar surface area (TPSA) is 81.3 Å². The highest BCUT2D eigenvalue weighted by Gasteiger charge is 2.06. The Morgan fingerprint density at radius 1 is 1.14 bits per heavy atom. The summed E-state index contributed by atoms with van der Waals surface area (Å²) in [6.07, 6.45) is 3.83. The first-order valence-corrected chi connectivity index (χ1v) is 10.4. The molecule has 0 saturated heterocycles. The Hall–Kier alpha value is -2.80. The van der Waals surface area contributed by atoms with Crippen LogP contribution in [0.25, 0.3) is 10.9 Å². The molecule has 7 heteroatoms. The first kappa shape index (κ1) is 19.9. The van der Waals surface area contributed by atoms with Gasteiger partial charge in [0.25, 0.3) is 5.91 Å². The van der Waals surface area contributed by atoms with E-state index in [2.05, 4.69) is 57.2 Å². The van der Waals surface area contributed by atoms with E-state index >= 15 is 0 Å². The van der Waals surface area contributed by atoms with E-state index in [1.807, 2.05) is 17.5 Å². The van der Waals surface area contributed by atoms with E-state index in [0.717, 1.165) is 36.8 Å². The molecule has 0 atom stereocenters. The summed E-state index contributed by atoms with van der Waals surface area (Å²) in [7, 11) is 1.77. The van der Waals surface area contributed by atoms with Gasteiger partial charge in [-0.2, -0.15) is 0 Å². The van der Waals surface area contributed by atoms with Crippen LogP contribution in [0.4, 0.5) is 0 Å². The third kappa shape index (κ3) is 5.36. The first-order chi connectivity index (χ1) is 13.7. The smallest absolute Gasteiger partial charge is 0.261 e. The van der Waals surface area contributed by atoms with Gasteiger partial charge in [0.1, 0.15) is 0 Å². The SMILES string of the molecule is CN=C(NCCCNC(=O)c1cccs1)NCCc1c[nH]c2cc(C)ccc12. The second-order valence-corrected chi connectivity index (χ2v) is 7.57. The van der Waals surface area contributed by atoms with E-state index in [0.29, 0.717) is 6.54 Å². The average Bonchev–Trinajstić information content (AvgIpc) is 3.36. The molecule has 0 spiro atoms. The molecular weight excluding hydrogens is 370 g/mol. The summed E-state index contributed by atoms with van der Waals surface area (Å²) in [5.74, 6) is 0.770. The number of rotatable bonds is 8. The fraction of sp³-hybridized carbons (Fsp3) is 0.333. The van der Waals surface area contributed by atoms with Gasteiger partial charge < -0.3 is 20.9 Å².